The van der Waals surface area contributed by atoms with Gasteiger partial charge in [-0.3, -0.25) is 0 Å². The number of aromatic nitrogens is 4. The molecular formula is C10H12FN5. The van der Waals surface area contributed by atoms with Gasteiger partial charge < -0.3 is 5.32 Å². The molecule has 1 aromatic carbocycles. The van der Waals surface area contributed by atoms with Crippen molar-refractivity contribution in [3.05, 3.63) is 35.9 Å². The first-order chi connectivity index (χ1) is 7.81. The van der Waals surface area contributed by atoms with Gasteiger partial charge in [-0.15, -0.1) is 5.10 Å². The van der Waals surface area contributed by atoms with Crippen LogP contribution in [0.3, 0.4) is 0 Å². The van der Waals surface area contributed by atoms with Crippen molar-refractivity contribution >= 4 is 0 Å². The summed E-state index contributed by atoms with van der Waals surface area (Å²) in [5, 5.41) is 14.5. The minimum atomic E-state index is -0.273. The maximum Gasteiger partial charge on any atom is 0.170 e. The van der Waals surface area contributed by atoms with E-state index in [0.717, 1.165) is 12.2 Å². The first-order valence-corrected chi connectivity index (χ1v) is 5.05. The van der Waals surface area contributed by atoms with Gasteiger partial charge in [0, 0.05) is 0 Å². The molecule has 2 aromatic rings. The van der Waals surface area contributed by atoms with Gasteiger partial charge in [0.15, 0.2) is 5.82 Å². The van der Waals surface area contributed by atoms with Crippen molar-refractivity contribution in [2.45, 2.75) is 13.5 Å². The summed E-state index contributed by atoms with van der Waals surface area (Å²) in [5.41, 5.74) is 0.749. The van der Waals surface area contributed by atoms with Gasteiger partial charge in [0.05, 0.1) is 12.2 Å². The number of hydrogen-bond donors (Lipinski definition) is 1. The summed E-state index contributed by atoms with van der Waals surface area (Å²) in [6, 6.07) is 6.05. The zero-order valence-electron chi connectivity index (χ0n) is 8.89. The van der Waals surface area contributed by atoms with E-state index in [1.54, 1.807) is 16.8 Å². The van der Waals surface area contributed by atoms with Crippen LogP contribution in [0.4, 0.5) is 4.39 Å². The molecule has 1 N–H and O–H groups in total. The van der Waals surface area contributed by atoms with E-state index in [0.29, 0.717) is 12.4 Å². The van der Waals surface area contributed by atoms with Crippen molar-refractivity contribution in [2.24, 2.45) is 0 Å². The third-order valence-electron chi connectivity index (χ3n) is 2.14. The Bertz CT molecular complexity index is 450. The Morgan fingerprint density at radius 2 is 2.06 bits per heavy atom. The van der Waals surface area contributed by atoms with E-state index in [1.807, 2.05) is 6.92 Å². The van der Waals surface area contributed by atoms with Crippen LogP contribution < -0.4 is 5.32 Å². The highest BCUT2D eigenvalue weighted by Crippen LogP contribution is 2.08. The molecule has 0 saturated carbocycles. The van der Waals surface area contributed by atoms with E-state index < -0.39 is 0 Å². The van der Waals surface area contributed by atoms with Crippen molar-refractivity contribution in [2.75, 3.05) is 6.54 Å². The van der Waals surface area contributed by atoms with Gasteiger partial charge in [-0.1, -0.05) is 6.92 Å². The molecule has 0 spiro atoms. The fourth-order valence-corrected chi connectivity index (χ4v) is 1.34. The molecule has 0 aliphatic rings. The van der Waals surface area contributed by atoms with Crippen LogP contribution in [0.1, 0.15) is 12.7 Å². The zero-order valence-corrected chi connectivity index (χ0v) is 8.89. The molecule has 0 saturated heterocycles. The molecule has 6 heteroatoms. The lowest BCUT2D eigenvalue weighted by molar-refractivity contribution is 0.625. The summed E-state index contributed by atoms with van der Waals surface area (Å²) < 4.78 is 14.3. The summed E-state index contributed by atoms with van der Waals surface area (Å²) in [6.45, 7) is 3.43. The normalized spacial score (nSPS) is 10.6. The van der Waals surface area contributed by atoms with E-state index in [-0.39, 0.29) is 5.82 Å². The molecule has 84 valence electrons. The second kappa shape index (κ2) is 4.80. The molecule has 0 unspecified atom stereocenters. The maximum atomic E-state index is 12.8. The monoisotopic (exact) mass is 221 g/mol. The molecular weight excluding hydrogens is 209 g/mol. The molecule has 16 heavy (non-hydrogen) atoms. The number of tetrazole rings is 1. The van der Waals surface area contributed by atoms with Crippen LogP contribution in [0.15, 0.2) is 24.3 Å². The van der Waals surface area contributed by atoms with Crippen LogP contribution in [0.2, 0.25) is 0 Å². The lowest BCUT2D eigenvalue weighted by atomic mass is 10.3. The zero-order chi connectivity index (χ0) is 11.4. The van der Waals surface area contributed by atoms with Gasteiger partial charge in [0.25, 0.3) is 0 Å². The van der Waals surface area contributed by atoms with E-state index >= 15 is 0 Å². The van der Waals surface area contributed by atoms with Crippen LogP contribution in [-0.2, 0) is 6.54 Å². The Morgan fingerprint density at radius 3 is 2.75 bits per heavy atom. The molecule has 0 aliphatic heterocycles. The summed E-state index contributed by atoms with van der Waals surface area (Å²) in [4.78, 5) is 0. The molecule has 0 fully saturated rings. The smallest absolute Gasteiger partial charge is 0.170 e. The SMILES string of the molecule is CCNCc1nnnn1-c1ccc(F)cc1. The minimum absolute atomic E-state index is 0.273. The standard InChI is InChI=1S/C10H12FN5/c1-2-12-7-10-13-14-15-16(10)9-5-3-8(11)4-6-9/h3-6,12H,2,7H2,1H3. The lowest BCUT2D eigenvalue weighted by Crippen LogP contribution is -2.16. The number of halogens is 1. The average molecular weight is 221 g/mol. The summed E-state index contributed by atoms with van der Waals surface area (Å²) in [7, 11) is 0. The van der Waals surface area contributed by atoms with E-state index in [1.165, 1.54) is 12.1 Å². The van der Waals surface area contributed by atoms with E-state index in [4.69, 9.17) is 0 Å². The van der Waals surface area contributed by atoms with Crippen molar-refractivity contribution in [1.82, 2.24) is 25.5 Å². The highest BCUT2D eigenvalue weighted by molar-refractivity contribution is 5.31. The van der Waals surface area contributed by atoms with Gasteiger partial charge in [0.2, 0.25) is 0 Å². The lowest BCUT2D eigenvalue weighted by Gasteiger charge is -2.04. The van der Waals surface area contributed by atoms with Crippen molar-refractivity contribution in [3.63, 3.8) is 0 Å². The summed E-state index contributed by atoms with van der Waals surface area (Å²) in [6.07, 6.45) is 0. The van der Waals surface area contributed by atoms with Gasteiger partial charge in [-0.2, -0.15) is 4.68 Å². The Labute approximate surface area is 92.3 Å². The summed E-state index contributed by atoms with van der Waals surface area (Å²) >= 11 is 0. The van der Waals surface area contributed by atoms with Crippen LogP contribution in [0.25, 0.3) is 5.69 Å². The van der Waals surface area contributed by atoms with Crippen LogP contribution >= 0.6 is 0 Å². The number of benzene rings is 1. The minimum Gasteiger partial charge on any atom is -0.310 e. The average Bonchev–Trinajstić information content (AvgIpc) is 2.75. The second-order valence-electron chi connectivity index (χ2n) is 3.26. The molecule has 0 aliphatic carbocycles. The molecule has 0 amide bonds. The third-order valence-corrected chi connectivity index (χ3v) is 2.14. The third kappa shape index (κ3) is 2.22. The fourth-order valence-electron chi connectivity index (χ4n) is 1.34. The number of rotatable bonds is 4. The van der Waals surface area contributed by atoms with Crippen molar-refractivity contribution in [1.29, 1.82) is 0 Å². The summed E-state index contributed by atoms with van der Waals surface area (Å²) in [5.74, 6) is 0.429. The van der Waals surface area contributed by atoms with Crippen LogP contribution in [-0.4, -0.2) is 26.8 Å². The van der Waals surface area contributed by atoms with Crippen LogP contribution in [0, 0.1) is 5.82 Å². The Morgan fingerprint density at radius 1 is 1.31 bits per heavy atom. The molecule has 5 nitrogen and oxygen atoms in total. The second-order valence-corrected chi connectivity index (χ2v) is 3.26. The van der Waals surface area contributed by atoms with Gasteiger partial charge in [-0.25, -0.2) is 4.39 Å². The number of nitrogens with zero attached hydrogens (tertiary/aromatic N) is 4. The number of nitrogens with one attached hydrogen (secondary N) is 1. The Balaban J connectivity index is 2.26. The largest absolute Gasteiger partial charge is 0.310 e. The predicted molar refractivity (Wildman–Crippen MR) is 56.5 cm³/mol. The first-order valence-electron chi connectivity index (χ1n) is 5.05. The first kappa shape index (κ1) is 10.7. The highest BCUT2D eigenvalue weighted by Gasteiger charge is 2.06. The fraction of sp³-hybridized carbons (Fsp3) is 0.300. The maximum absolute atomic E-state index is 12.8. The van der Waals surface area contributed by atoms with Gasteiger partial charge in [0.1, 0.15) is 5.82 Å². The van der Waals surface area contributed by atoms with Gasteiger partial charge >= 0.3 is 0 Å². The quantitative estimate of drug-likeness (QED) is 0.833. The molecule has 0 bridgehead atoms. The van der Waals surface area contributed by atoms with E-state index in [9.17, 15) is 4.39 Å². The molecule has 1 aromatic heterocycles. The molecule has 0 radical (unpaired) electrons. The molecule has 0 atom stereocenters. The topological polar surface area (TPSA) is 55.6 Å². The van der Waals surface area contributed by atoms with Crippen molar-refractivity contribution < 1.29 is 4.39 Å². The molecule has 1 heterocycles. The van der Waals surface area contributed by atoms with Crippen molar-refractivity contribution in [3.8, 4) is 5.69 Å². The predicted octanol–water partition coefficient (Wildman–Crippen LogP) is 0.911. The number of hydrogen-bond acceptors (Lipinski definition) is 4. The van der Waals surface area contributed by atoms with Crippen LogP contribution in [0.5, 0.6) is 0 Å². The Kier molecular flexibility index (Phi) is 3.21. The highest BCUT2D eigenvalue weighted by atomic mass is 19.1. The Hall–Kier alpha value is -1.82. The van der Waals surface area contributed by atoms with E-state index in [2.05, 4.69) is 20.8 Å². The molecule has 2 rings (SSSR count). The van der Waals surface area contributed by atoms with Gasteiger partial charge in [-0.05, 0) is 41.2 Å².